The second-order valence-corrected chi connectivity index (χ2v) is 3.53. The van der Waals surface area contributed by atoms with Crippen molar-refractivity contribution in [3.8, 4) is 0 Å². The van der Waals surface area contributed by atoms with E-state index in [1.54, 1.807) is 4.90 Å². The average molecular weight is 208 g/mol. The lowest BCUT2D eigenvalue weighted by atomic mass is 10.1. The number of carbonyl (C=O) groups excluding carboxylic acids is 1. The van der Waals surface area contributed by atoms with Crippen molar-refractivity contribution in [1.29, 1.82) is 0 Å². The second kappa shape index (κ2) is 3.38. The molecule has 15 heavy (non-hydrogen) atoms. The topological polar surface area (TPSA) is 70.7 Å². The zero-order valence-electron chi connectivity index (χ0n) is 8.87. The van der Waals surface area contributed by atoms with Gasteiger partial charge in [0.1, 0.15) is 5.76 Å². The van der Waals surface area contributed by atoms with Crippen LogP contribution in [0.5, 0.6) is 0 Å². The largest absolute Gasteiger partial charge is 0.361 e. The number of nitrogens with zero attached hydrogens (tertiary/aromatic N) is 3. The van der Waals surface area contributed by atoms with Gasteiger partial charge in [0.15, 0.2) is 5.84 Å². The molecular formula is C9H12N4O2. The first-order valence-electron chi connectivity index (χ1n) is 4.60. The summed E-state index contributed by atoms with van der Waals surface area (Å²) >= 11 is 0. The fraction of sp³-hybridized carbons (Fsp3) is 0.444. The molecule has 1 aromatic rings. The van der Waals surface area contributed by atoms with E-state index in [0.29, 0.717) is 18.1 Å². The molecule has 0 saturated heterocycles. The molecule has 0 aliphatic carbocycles. The zero-order chi connectivity index (χ0) is 11.0. The van der Waals surface area contributed by atoms with Gasteiger partial charge in [-0.25, -0.2) is 5.43 Å². The van der Waals surface area contributed by atoms with E-state index in [-0.39, 0.29) is 5.91 Å². The van der Waals surface area contributed by atoms with Gasteiger partial charge < -0.3 is 9.42 Å². The molecule has 1 aliphatic heterocycles. The number of aryl methyl sites for hydroxylation is 2. The Labute approximate surface area is 86.9 Å². The molecule has 6 nitrogen and oxygen atoms in total. The summed E-state index contributed by atoms with van der Waals surface area (Å²) in [4.78, 5) is 12.8. The van der Waals surface area contributed by atoms with Crippen LogP contribution < -0.4 is 5.43 Å². The fourth-order valence-corrected chi connectivity index (χ4v) is 1.58. The van der Waals surface area contributed by atoms with Gasteiger partial charge >= 0.3 is 0 Å². The molecule has 1 N–H and O–H groups in total. The zero-order valence-corrected chi connectivity index (χ0v) is 8.87. The molecular weight excluding hydrogens is 196 g/mol. The predicted octanol–water partition coefficient (Wildman–Crippen LogP) is 0.0146. The van der Waals surface area contributed by atoms with E-state index < -0.39 is 0 Å². The Morgan fingerprint density at radius 3 is 2.73 bits per heavy atom. The Kier molecular flexibility index (Phi) is 2.18. The molecule has 2 rings (SSSR count). The Bertz CT molecular complexity index is 416. The van der Waals surface area contributed by atoms with Crippen molar-refractivity contribution in [2.75, 3.05) is 13.6 Å². The van der Waals surface area contributed by atoms with E-state index in [1.165, 1.54) is 0 Å². The van der Waals surface area contributed by atoms with Crippen molar-refractivity contribution >= 4 is 11.7 Å². The van der Waals surface area contributed by atoms with Gasteiger partial charge in [-0.3, -0.25) is 4.79 Å². The summed E-state index contributed by atoms with van der Waals surface area (Å²) in [7, 11) is 1.81. The predicted molar refractivity (Wildman–Crippen MR) is 53.3 cm³/mol. The Balaban J connectivity index is 2.43. The van der Waals surface area contributed by atoms with Crippen LogP contribution in [0.25, 0.3) is 0 Å². The molecule has 0 spiro atoms. The lowest BCUT2D eigenvalue weighted by molar-refractivity contribution is -0.121. The molecule has 0 aromatic carbocycles. The van der Waals surface area contributed by atoms with Crippen LogP contribution in [-0.2, 0) is 4.79 Å². The van der Waals surface area contributed by atoms with Crippen molar-refractivity contribution in [3.63, 3.8) is 0 Å². The van der Waals surface area contributed by atoms with Crippen molar-refractivity contribution in [3.05, 3.63) is 17.0 Å². The van der Waals surface area contributed by atoms with E-state index in [2.05, 4.69) is 15.7 Å². The lowest BCUT2D eigenvalue weighted by Gasteiger charge is -2.23. The molecule has 6 heteroatoms. The maximum atomic E-state index is 11.1. The van der Waals surface area contributed by atoms with Crippen LogP contribution in [0.1, 0.15) is 17.0 Å². The summed E-state index contributed by atoms with van der Waals surface area (Å²) < 4.78 is 5.05. The van der Waals surface area contributed by atoms with E-state index in [1.807, 2.05) is 20.9 Å². The first kappa shape index (κ1) is 9.70. The molecule has 0 bridgehead atoms. The highest BCUT2D eigenvalue weighted by molar-refractivity contribution is 6.03. The molecule has 0 radical (unpaired) electrons. The highest BCUT2D eigenvalue weighted by Crippen LogP contribution is 2.16. The van der Waals surface area contributed by atoms with Crippen LogP contribution in [-0.4, -0.2) is 35.4 Å². The number of rotatable bonds is 1. The minimum absolute atomic E-state index is 0.118. The van der Waals surface area contributed by atoms with Crippen LogP contribution in [0.4, 0.5) is 0 Å². The van der Waals surface area contributed by atoms with Gasteiger partial charge in [0.25, 0.3) is 5.91 Å². The SMILES string of the molecule is Cc1noc(C)c1C1=NNC(=O)CN1C. The molecule has 0 saturated carbocycles. The van der Waals surface area contributed by atoms with E-state index in [0.717, 1.165) is 11.3 Å². The van der Waals surface area contributed by atoms with Gasteiger partial charge in [-0.05, 0) is 13.8 Å². The number of nitrogens with one attached hydrogen (secondary N) is 1. The van der Waals surface area contributed by atoms with Gasteiger partial charge in [-0.2, -0.15) is 5.10 Å². The molecule has 1 aromatic heterocycles. The van der Waals surface area contributed by atoms with Gasteiger partial charge in [-0.1, -0.05) is 5.16 Å². The number of amidine groups is 1. The van der Waals surface area contributed by atoms with Crippen LogP contribution in [0, 0.1) is 13.8 Å². The molecule has 1 amide bonds. The third kappa shape index (κ3) is 1.58. The normalized spacial score (nSPS) is 16.3. The Morgan fingerprint density at radius 2 is 2.20 bits per heavy atom. The summed E-state index contributed by atoms with van der Waals surface area (Å²) in [6.45, 7) is 3.96. The minimum atomic E-state index is -0.118. The minimum Gasteiger partial charge on any atom is -0.361 e. The van der Waals surface area contributed by atoms with Crippen LogP contribution in [0.15, 0.2) is 9.62 Å². The summed E-state index contributed by atoms with van der Waals surface area (Å²) in [5, 5.41) is 7.85. The maximum Gasteiger partial charge on any atom is 0.259 e. The quantitative estimate of drug-likeness (QED) is 0.706. The second-order valence-electron chi connectivity index (χ2n) is 3.53. The van der Waals surface area contributed by atoms with Crippen molar-refractivity contribution in [2.24, 2.45) is 5.10 Å². The van der Waals surface area contributed by atoms with Crippen molar-refractivity contribution in [2.45, 2.75) is 13.8 Å². The third-order valence-electron chi connectivity index (χ3n) is 2.29. The maximum absolute atomic E-state index is 11.1. The Hall–Kier alpha value is -1.85. The Morgan fingerprint density at radius 1 is 1.47 bits per heavy atom. The molecule has 0 unspecified atom stereocenters. The van der Waals surface area contributed by atoms with E-state index >= 15 is 0 Å². The smallest absolute Gasteiger partial charge is 0.259 e. The van der Waals surface area contributed by atoms with Gasteiger partial charge in [-0.15, -0.1) is 0 Å². The summed E-state index contributed by atoms with van der Waals surface area (Å²) in [5.41, 5.74) is 4.06. The molecule has 80 valence electrons. The lowest BCUT2D eigenvalue weighted by Crippen LogP contribution is -2.43. The third-order valence-corrected chi connectivity index (χ3v) is 2.29. The number of likely N-dealkylation sites (N-methyl/N-ethyl adjacent to an activating group) is 1. The van der Waals surface area contributed by atoms with Crippen molar-refractivity contribution < 1.29 is 9.32 Å². The summed E-state index contributed by atoms with van der Waals surface area (Å²) in [6.07, 6.45) is 0. The van der Waals surface area contributed by atoms with Gasteiger partial charge in [0.05, 0.1) is 17.8 Å². The van der Waals surface area contributed by atoms with Crippen LogP contribution in [0.3, 0.4) is 0 Å². The number of hydrogen-bond acceptors (Lipinski definition) is 5. The number of carbonyl (C=O) groups is 1. The van der Waals surface area contributed by atoms with Crippen LogP contribution >= 0.6 is 0 Å². The van der Waals surface area contributed by atoms with Gasteiger partial charge in [0.2, 0.25) is 0 Å². The molecule has 1 aliphatic rings. The first-order valence-corrected chi connectivity index (χ1v) is 4.60. The highest BCUT2D eigenvalue weighted by Gasteiger charge is 2.23. The molecule has 0 atom stereocenters. The number of aromatic nitrogens is 1. The van der Waals surface area contributed by atoms with E-state index in [9.17, 15) is 4.79 Å². The van der Waals surface area contributed by atoms with Crippen LogP contribution in [0.2, 0.25) is 0 Å². The summed E-state index contributed by atoms with van der Waals surface area (Å²) in [6, 6.07) is 0. The van der Waals surface area contributed by atoms with E-state index in [4.69, 9.17) is 4.52 Å². The monoisotopic (exact) mass is 208 g/mol. The van der Waals surface area contributed by atoms with Crippen molar-refractivity contribution in [1.82, 2.24) is 15.5 Å². The molecule has 2 heterocycles. The standard InChI is InChI=1S/C9H12N4O2/c1-5-8(6(2)15-12-5)9-11-10-7(14)4-13(9)3/h4H2,1-3H3,(H,10,14). The number of hydrogen-bond donors (Lipinski definition) is 1. The van der Waals surface area contributed by atoms with Gasteiger partial charge in [0, 0.05) is 7.05 Å². The molecule has 0 fully saturated rings. The average Bonchev–Trinajstić information content (AvgIpc) is 2.48. The first-order chi connectivity index (χ1) is 7.09. The fourth-order valence-electron chi connectivity index (χ4n) is 1.58. The summed E-state index contributed by atoms with van der Waals surface area (Å²) in [5.74, 6) is 1.27. The number of hydrazone groups is 1. The highest BCUT2D eigenvalue weighted by atomic mass is 16.5. The number of amides is 1.